The number of ether oxygens (including phenoxy) is 1. The molecule has 2 aromatic rings. The van der Waals surface area contributed by atoms with Crippen molar-refractivity contribution in [2.24, 2.45) is 5.11 Å². The lowest BCUT2D eigenvalue weighted by Crippen LogP contribution is -2.43. The molecule has 7 nitrogen and oxygen atoms in total. The fraction of sp³-hybridized carbons (Fsp3) is 0.350. The summed E-state index contributed by atoms with van der Waals surface area (Å²) in [5, 5.41) is 6.78. The van der Waals surface area contributed by atoms with Crippen molar-refractivity contribution in [3.63, 3.8) is 0 Å². The third kappa shape index (κ3) is 4.57. The highest BCUT2D eigenvalue weighted by Gasteiger charge is 2.32. The Kier molecular flexibility index (Phi) is 6.77. The molecule has 2 aromatic carbocycles. The molecule has 1 N–H and O–H groups in total. The zero-order chi connectivity index (χ0) is 20.1. The maximum absolute atomic E-state index is 12.9. The van der Waals surface area contributed by atoms with Crippen LogP contribution in [0, 0.1) is 3.57 Å². The quantitative estimate of drug-likeness (QED) is 0.277. The molecule has 0 radical (unpaired) electrons. The standard InChI is InChI=1S/C20H22IN5O2/c1-13-17(8-9-26(13)12-14-6-4-3-5-7-14)23-20(27)15-10-16(21)18(24-25-22)11-19(15)28-2/h3-7,10-11,13,17H,8-9,12H2,1-2H3,(H,23,27)/t13-,17-/m1/s1. The Labute approximate surface area is 177 Å². The molecule has 1 saturated heterocycles. The van der Waals surface area contributed by atoms with E-state index in [9.17, 15) is 4.79 Å². The molecule has 0 saturated carbocycles. The van der Waals surface area contributed by atoms with Crippen LogP contribution in [0.3, 0.4) is 0 Å². The number of nitrogens with one attached hydrogen (secondary N) is 1. The molecule has 1 aliphatic heterocycles. The first-order valence-corrected chi connectivity index (χ1v) is 10.1. The number of likely N-dealkylation sites (tertiary alicyclic amines) is 1. The third-order valence-electron chi connectivity index (χ3n) is 5.10. The van der Waals surface area contributed by atoms with E-state index in [0.717, 1.165) is 19.5 Å². The van der Waals surface area contributed by atoms with Crippen LogP contribution in [0.2, 0.25) is 0 Å². The fourth-order valence-corrected chi connectivity index (χ4v) is 4.07. The van der Waals surface area contributed by atoms with Crippen LogP contribution >= 0.6 is 22.6 Å². The van der Waals surface area contributed by atoms with Gasteiger partial charge in [-0.05, 0) is 59.2 Å². The molecule has 28 heavy (non-hydrogen) atoms. The number of benzene rings is 2. The van der Waals surface area contributed by atoms with E-state index in [1.54, 1.807) is 12.1 Å². The van der Waals surface area contributed by atoms with Crippen molar-refractivity contribution in [3.05, 3.63) is 67.6 Å². The minimum Gasteiger partial charge on any atom is -0.496 e. The van der Waals surface area contributed by atoms with Gasteiger partial charge in [0.1, 0.15) is 5.75 Å². The molecular formula is C20H22IN5O2. The van der Waals surface area contributed by atoms with Gasteiger partial charge in [-0.25, -0.2) is 0 Å². The second kappa shape index (κ2) is 9.27. The van der Waals surface area contributed by atoms with Gasteiger partial charge in [0.25, 0.3) is 5.91 Å². The normalized spacial score (nSPS) is 19.1. The minimum atomic E-state index is -0.180. The Morgan fingerprint density at radius 1 is 1.39 bits per heavy atom. The first-order valence-electron chi connectivity index (χ1n) is 9.05. The number of methoxy groups -OCH3 is 1. The van der Waals surface area contributed by atoms with Crippen LogP contribution in [-0.4, -0.2) is 36.5 Å². The van der Waals surface area contributed by atoms with Crippen molar-refractivity contribution in [3.8, 4) is 5.75 Å². The number of halogens is 1. The molecule has 0 bridgehead atoms. The van der Waals surface area contributed by atoms with Crippen molar-refractivity contribution in [2.45, 2.75) is 32.0 Å². The maximum Gasteiger partial charge on any atom is 0.255 e. The molecular weight excluding hydrogens is 469 g/mol. The number of carbonyl (C=O) groups is 1. The molecule has 0 aliphatic carbocycles. The summed E-state index contributed by atoms with van der Waals surface area (Å²) in [6, 6.07) is 13.9. The zero-order valence-corrected chi connectivity index (χ0v) is 18.0. The highest BCUT2D eigenvalue weighted by Crippen LogP contribution is 2.31. The lowest BCUT2D eigenvalue weighted by atomic mass is 10.1. The summed E-state index contributed by atoms with van der Waals surface area (Å²) in [6.45, 7) is 3.95. The van der Waals surface area contributed by atoms with Crippen LogP contribution in [0.5, 0.6) is 5.75 Å². The molecule has 1 fully saturated rings. The van der Waals surface area contributed by atoms with E-state index in [-0.39, 0.29) is 18.0 Å². The molecule has 8 heteroatoms. The summed E-state index contributed by atoms with van der Waals surface area (Å²) >= 11 is 2.05. The molecule has 3 rings (SSSR count). The lowest BCUT2D eigenvalue weighted by molar-refractivity contribution is 0.0924. The average Bonchev–Trinajstić information content (AvgIpc) is 3.03. The first-order chi connectivity index (χ1) is 13.5. The van der Waals surface area contributed by atoms with Gasteiger partial charge in [0.05, 0.1) is 18.4 Å². The van der Waals surface area contributed by atoms with Gasteiger partial charge in [0.15, 0.2) is 0 Å². The summed E-state index contributed by atoms with van der Waals surface area (Å²) in [4.78, 5) is 18.1. The number of hydrogen-bond donors (Lipinski definition) is 1. The van der Waals surface area contributed by atoms with Gasteiger partial charge in [-0.3, -0.25) is 9.69 Å². The van der Waals surface area contributed by atoms with Gasteiger partial charge in [0, 0.05) is 33.7 Å². The van der Waals surface area contributed by atoms with Gasteiger partial charge in [-0.2, -0.15) is 0 Å². The molecule has 0 aromatic heterocycles. The summed E-state index contributed by atoms with van der Waals surface area (Å²) in [6.07, 6.45) is 0.899. The monoisotopic (exact) mass is 491 g/mol. The Hall–Kier alpha value is -2.29. The van der Waals surface area contributed by atoms with Crippen LogP contribution in [0.25, 0.3) is 10.4 Å². The van der Waals surface area contributed by atoms with E-state index < -0.39 is 0 Å². The van der Waals surface area contributed by atoms with Gasteiger partial charge < -0.3 is 10.1 Å². The number of azide groups is 1. The number of rotatable bonds is 6. The summed E-state index contributed by atoms with van der Waals surface area (Å²) < 4.78 is 6.04. The van der Waals surface area contributed by atoms with Crippen LogP contribution in [0.4, 0.5) is 5.69 Å². The Bertz CT molecular complexity index is 899. The smallest absolute Gasteiger partial charge is 0.255 e. The van der Waals surface area contributed by atoms with Crippen LogP contribution in [0.1, 0.15) is 29.3 Å². The Balaban J connectivity index is 1.71. The molecule has 1 amide bonds. The van der Waals surface area contributed by atoms with E-state index in [2.05, 4.69) is 61.9 Å². The molecule has 1 aliphatic rings. The van der Waals surface area contributed by atoms with Crippen LogP contribution < -0.4 is 10.1 Å². The van der Waals surface area contributed by atoms with Gasteiger partial charge in [0.2, 0.25) is 0 Å². The summed E-state index contributed by atoms with van der Waals surface area (Å²) in [7, 11) is 1.50. The Morgan fingerprint density at radius 3 is 2.82 bits per heavy atom. The predicted molar refractivity (Wildman–Crippen MR) is 117 cm³/mol. The van der Waals surface area contributed by atoms with Crippen molar-refractivity contribution in [1.82, 2.24) is 10.2 Å². The van der Waals surface area contributed by atoms with E-state index in [0.29, 0.717) is 20.6 Å². The van der Waals surface area contributed by atoms with Gasteiger partial charge in [-0.1, -0.05) is 35.4 Å². The number of amides is 1. The number of nitrogens with zero attached hydrogens (tertiary/aromatic N) is 4. The lowest BCUT2D eigenvalue weighted by Gasteiger charge is -2.25. The van der Waals surface area contributed by atoms with Crippen LogP contribution in [-0.2, 0) is 6.54 Å². The van der Waals surface area contributed by atoms with Crippen molar-refractivity contribution in [2.75, 3.05) is 13.7 Å². The topological polar surface area (TPSA) is 90.3 Å². The fourth-order valence-electron chi connectivity index (χ4n) is 3.50. The molecule has 146 valence electrons. The minimum absolute atomic E-state index is 0.0652. The van der Waals surface area contributed by atoms with E-state index in [1.807, 2.05) is 18.2 Å². The number of carbonyl (C=O) groups excluding carboxylic acids is 1. The van der Waals surface area contributed by atoms with Gasteiger partial charge >= 0.3 is 0 Å². The second-order valence-electron chi connectivity index (χ2n) is 6.76. The zero-order valence-electron chi connectivity index (χ0n) is 15.8. The van der Waals surface area contributed by atoms with E-state index in [1.165, 1.54) is 12.7 Å². The van der Waals surface area contributed by atoms with Crippen LogP contribution in [0.15, 0.2) is 47.6 Å². The predicted octanol–water partition coefficient (Wildman–Crippen LogP) is 4.63. The van der Waals surface area contributed by atoms with Gasteiger partial charge in [-0.15, -0.1) is 0 Å². The third-order valence-corrected chi connectivity index (χ3v) is 5.96. The highest BCUT2D eigenvalue weighted by atomic mass is 127. The molecule has 1 heterocycles. The van der Waals surface area contributed by atoms with E-state index >= 15 is 0 Å². The van der Waals surface area contributed by atoms with Crippen molar-refractivity contribution in [1.29, 1.82) is 0 Å². The largest absolute Gasteiger partial charge is 0.496 e. The Morgan fingerprint density at radius 2 is 2.14 bits per heavy atom. The van der Waals surface area contributed by atoms with E-state index in [4.69, 9.17) is 10.3 Å². The van der Waals surface area contributed by atoms with Crippen molar-refractivity contribution < 1.29 is 9.53 Å². The second-order valence-corrected chi connectivity index (χ2v) is 7.92. The maximum atomic E-state index is 12.9. The molecule has 0 unspecified atom stereocenters. The summed E-state index contributed by atoms with van der Waals surface area (Å²) in [5.74, 6) is 0.216. The average molecular weight is 491 g/mol. The number of hydrogen-bond acceptors (Lipinski definition) is 4. The molecule has 2 atom stereocenters. The SMILES string of the molecule is COc1cc(N=[N+]=[N-])c(I)cc1C(=O)N[C@@H]1CCN(Cc2ccccc2)[C@@H]1C. The van der Waals surface area contributed by atoms with Crippen molar-refractivity contribution >= 4 is 34.2 Å². The highest BCUT2D eigenvalue weighted by molar-refractivity contribution is 14.1. The molecule has 0 spiro atoms. The summed E-state index contributed by atoms with van der Waals surface area (Å²) in [5.41, 5.74) is 10.8. The first kappa shape index (κ1) is 20.4.